The van der Waals surface area contributed by atoms with Crippen LogP contribution in [0.4, 0.5) is 0 Å². The number of carboxylic acid groups (broad SMARTS) is 1. The number of rotatable bonds is 4. The van der Waals surface area contributed by atoms with Gasteiger partial charge in [0.1, 0.15) is 4.88 Å². The largest absolute Gasteiger partial charge is 0.477 e. The second-order valence-corrected chi connectivity index (χ2v) is 5.73. The van der Waals surface area contributed by atoms with E-state index in [0.717, 1.165) is 5.01 Å². The van der Waals surface area contributed by atoms with Gasteiger partial charge in [0.15, 0.2) is 0 Å². The molecule has 1 aromatic carbocycles. The summed E-state index contributed by atoms with van der Waals surface area (Å²) in [6.45, 7) is 6.08. The van der Waals surface area contributed by atoms with E-state index in [-0.39, 0.29) is 0 Å². The maximum atomic E-state index is 11.1. The Labute approximate surface area is 116 Å². The first-order valence-electron chi connectivity index (χ1n) is 6.29. The molecule has 100 valence electrons. The van der Waals surface area contributed by atoms with Crippen LogP contribution in [0, 0.1) is 13.8 Å². The number of aromatic carboxylic acids is 1. The van der Waals surface area contributed by atoms with Crippen LogP contribution in [-0.2, 0) is 12.8 Å². The predicted molar refractivity (Wildman–Crippen MR) is 77.2 cm³/mol. The van der Waals surface area contributed by atoms with Gasteiger partial charge in [-0.2, -0.15) is 0 Å². The molecule has 0 bridgehead atoms. The lowest BCUT2D eigenvalue weighted by molar-refractivity contribution is 0.0701. The zero-order valence-electron chi connectivity index (χ0n) is 11.4. The van der Waals surface area contributed by atoms with Crippen LogP contribution in [0.15, 0.2) is 18.2 Å². The molecule has 1 aromatic heterocycles. The molecular formula is C15H17NO2S. The van der Waals surface area contributed by atoms with Crippen molar-refractivity contribution < 1.29 is 9.90 Å². The Morgan fingerprint density at radius 3 is 2.63 bits per heavy atom. The van der Waals surface area contributed by atoms with Crippen molar-refractivity contribution in [2.24, 2.45) is 0 Å². The fourth-order valence-electron chi connectivity index (χ4n) is 2.09. The Morgan fingerprint density at radius 1 is 1.37 bits per heavy atom. The molecule has 0 saturated carbocycles. The average molecular weight is 275 g/mol. The molecule has 0 saturated heterocycles. The topological polar surface area (TPSA) is 50.2 Å². The summed E-state index contributed by atoms with van der Waals surface area (Å²) in [5.74, 6) is -0.874. The maximum absolute atomic E-state index is 11.1. The van der Waals surface area contributed by atoms with Gasteiger partial charge in [0.05, 0.1) is 10.7 Å². The second-order valence-electron chi connectivity index (χ2n) is 4.65. The average Bonchev–Trinajstić information content (AvgIpc) is 2.76. The number of carboxylic acids is 1. The van der Waals surface area contributed by atoms with E-state index in [1.165, 1.54) is 28.0 Å². The molecule has 2 aromatic rings. The number of nitrogens with zero attached hydrogens (tertiary/aromatic N) is 1. The van der Waals surface area contributed by atoms with Crippen LogP contribution < -0.4 is 0 Å². The molecule has 4 heteroatoms. The first kappa shape index (κ1) is 13.7. The zero-order chi connectivity index (χ0) is 14.0. The molecule has 1 N–H and O–H groups in total. The summed E-state index contributed by atoms with van der Waals surface area (Å²) in [6.07, 6.45) is 1.36. The van der Waals surface area contributed by atoms with Crippen molar-refractivity contribution in [2.75, 3.05) is 0 Å². The molecule has 19 heavy (non-hydrogen) atoms. The molecule has 1 heterocycles. The summed E-state index contributed by atoms with van der Waals surface area (Å²) in [6, 6.07) is 6.31. The van der Waals surface area contributed by atoms with Crippen molar-refractivity contribution in [3.8, 4) is 0 Å². The normalized spacial score (nSPS) is 10.7. The zero-order valence-corrected chi connectivity index (χ0v) is 12.2. The van der Waals surface area contributed by atoms with Crippen LogP contribution in [0.5, 0.6) is 0 Å². The fourth-order valence-corrected chi connectivity index (χ4v) is 3.10. The summed E-state index contributed by atoms with van der Waals surface area (Å²) >= 11 is 1.29. The minimum atomic E-state index is -0.874. The minimum absolute atomic E-state index is 0.377. The highest BCUT2D eigenvalue weighted by Gasteiger charge is 2.16. The van der Waals surface area contributed by atoms with Gasteiger partial charge >= 0.3 is 5.97 Å². The number of benzene rings is 1. The first-order valence-corrected chi connectivity index (χ1v) is 7.11. The van der Waals surface area contributed by atoms with Crippen molar-refractivity contribution >= 4 is 17.3 Å². The van der Waals surface area contributed by atoms with Crippen molar-refractivity contribution in [1.82, 2.24) is 4.98 Å². The van der Waals surface area contributed by atoms with Crippen LogP contribution in [-0.4, -0.2) is 16.1 Å². The Balaban J connectivity index is 2.31. The van der Waals surface area contributed by atoms with Gasteiger partial charge in [-0.3, -0.25) is 0 Å². The lowest BCUT2D eigenvalue weighted by atomic mass is 10.0. The van der Waals surface area contributed by atoms with Crippen LogP contribution in [0.1, 0.15) is 44.0 Å². The van der Waals surface area contributed by atoms with Gasteiger partial charge < -0.3 is 5.11 Å². The van der Waals surface area contributed by atoms with E-state index in [4.69, 9.17) is 5.11 Å². The van der Waals surface area contributed by atoms with E-state index < -0.39 is 5.97 Å². The molecule has 0 aliphatic carbocycles. The maximum Gasteiger partial charge on any atom is 0.347 e. The summed E-state index contributed by atoms with van der Waals surface area (Å²) in [5.41, 5.74) is 4.36. The van der Waals surface area contributed by atoms with E-state index in [2.05, 4.69) is 37.0 Å². The SMILES string of the molecule is CCc1nc(Cc2ccc(C)cc2C)sc1C(=O)O. The molecule has 0 fully saturated rings. The molecule has 0 spiro atoms. The smallest absolute Gasteiger partial charge is 0.347 e. The molecule has 0 unspecified atom stereocenters. The Bertz CT molecular complexity index is 617. The minimum Gasteiger partial charge on any atom is -0.477 e. The third-order valence-corrected chi connectivity index (χ3v) is 4.20. The van der Waals surface area contributed by atoms with Gasteiger partial charge in [-0.05, 0) is 31.4 Å². The van der Waals surface area contributed by atoms with Crippen molar-refractivity contribution in [3.05, 3.63) is 50.5 Å². The van der Waals surface area contributed by atoms with Gasteiger partial charge in [0, 0.05) is 6.42 Å². The molecule has 0 amide bonds. The summed E-state index contributed by atoms with van der Waals surface area (Å²) in [5, 5.41) is 10.0. The summed E-state index contributed by atoms with van der Waals surface area (Å²) < 4.78 is 0. The monoisotopic (exact) mass is 275 g/mol. The van der Waals surface area contributed by atoms with Gasteiger partial charge in [-0.1, -0.05) is 30.7 Å². The molecule has 3 nitrogen and oxygen atoms in total. The van der Waals surface area contributed by atoms with Crippen molar-refractivity contribution in [1.29, 1.82) is 0 Å². The van der Waals surface area contributed by atoms with Crippen LogP contribution >= 0.6 is 11.3 Å². The van der Waals surface area contributed by atoms with E-state index >= 15 is 0 Å². The number of carbonyl (C=O) groups is 1. The molecule has 0 atom stereocenters. The van der Waals surface area contributed by atoms with Crippen molar-refractivity contribution in [2.45, 2.75) is 33.6 Å². The molecule has 2 rings (SSSR count). The highest BCUT2D eigenvalue weighted by atomic mass is 32.1. The number of aryl methyl sites for hydroxylation is 3. The quantitative estimate of drug-likeness (QED) is 0.927. The third-order valence-electron chi connectivity index (χ3n) is 3.11. The summed E-state index contributed by atoms with van der Waals surface area (Å²) in [4.78, 5) is 16.0. The van der Waals surface area contributed by atoms with Gasteiger partial charge in [-0.15, -0.1) is 11.3 Å². The van der Waals surface area contributed by atoms with Crippen LogP contribution in [0.25, 0.3) is 0 Å². The standard InChI is InChI=1S/C15H17NO2S/c1-4-12-14(15(17)18)19-13(16-12)8-11-6-5-9(2)7-10(11)3/h5-7H,4,8H2,1-3H3,(H,17,18). The number of thiazole rings is 1. The highest BCUT2D eigenvalue weighted by molar-refractivity contribution is 7.13. The van der Waals surface area contributed by atoms with Crippen molar-refractivity contribution in [3.63, 3.8) is 0 Å². The highest BCUT2D eigenvalue weighted by Crippen LogP contribution is 2.23. The number of aromatic nitrogens is 1. The Kier molecular flexibility index (Phi) is 4.00. The first-order chi connectivity index (χ1) is 9.01. The lowest BCUT2D eigenvalue weighted by Crippen LogP contribution is -1.97. The van der Waals surface area contributed by atoms with Gasteiger partial charge in [0.2, 0.25) is 0 Å². The number of hydrogen-bond donors (Lipinski definition) is 1. The molecule has 0 aliphatic heterocycles. The Hall–Kier alpha value is -1.68. The van der Waals surface area contributed by atoms with Crippen LogP contribution in [0.3, 0.4) is 0 Å². The predicted octanol–water partition coefficient (Wildman–Crippen LogP) is 3.61. The molecular weight excluding hydrogens is 258 g/mol. The van der Waals surface area contributed by atoms with Crippen LogP contribution in [0.2, 0.25) is 0 Å². The Morgan fingerprint density at radius 2 is 2.11 bits per heavy atom. The lowest BCUT2D eigenvalue weighted by Gasteiger charge is -2.04. The molecule has 0 aliphatic rings. The van der Waals surface area contributed by atoms with Gasteiger partial charge in [0.25, 0.3) is 0 Å². The summed E-state index contributed by atoms with van der Waals surface area (Å²) in [7, 11) is 0. The van der Waals surface area contributed by atoms with E-state index in [0.29, 0.717) is 23.4 Å². The van der Waals surface area contributed by atoms with Gasteiger partial charge in [-0.25, -0.2) is 9.78 Å². The number of hydrogen-bond acceptors (Lipinski definition) is 3. The second kappa shape index (κ2) is 5.53. The third kappa shape index (κ3) is 3.01. The van der Waals surface area contributed by atoms with E-state index in [9.17, 15) is 4.79 Å². The molecule has 0 radical (unpaired) electrons. The van der Waals surface area contributed by atoms with E-state index in [1.54, 1.807) is 0 Å². The fraction of sp³-hybridized carbons (Fsp3) is 0.333. The van der Waals surface area contributed by atoms with E-state index in [1.807, 2.05) is 6.92 Å².